The molecule has 0 saturated heterocycles. The van der Waals surface area contributed by atoms with E-state index in [4.69, 9.17) is 0 Å². The lowest BCUT2D eigenvalue weighted by Gasteiger charge is -1.94. The van der Waals surface area contributed by atoms with Crippen molar-refractivity contribution < 1.29 is 21.8 Å². The van der Waals surface area contributed by atoms with Gasteiger partial charge in [0.05, 0.1) is 4.92 Å². The Morgan fingerprint density at radius 1 is 1.06 bits per heavy atom. The van der Waals surface area contributed by atoms with Crippen molar-refractivity contribution in [3.63, 3.8) is 0 Å². The number of sulfonamides is 2. The molecule has 16 heavy (non-hydrogen) atoms. The van der Waals surface area contributed by atoms with E-state index >= 15 is 0 Å². The van der Waals surface area contributed by atoms with E-state index in [1.54, 1.807) is 0 Å². The Kier molecular flexibility index (Phi) is 2.05. The van der Waals surface area contributed by atoms with Crippen LogP contribution >= 0.6 is 0 Å². The van der Waals surface area contributed by atoms with Crippen LogP contribution in [0.4, 0.5) is 5.69 Å². The summed E-state index contributed by atoms with van der Waals surface area (Å²) >= 11 is 0. The molecule has 0 amide bonds. The molecule has 1 heterocycles. The topological polar surface area (TPSA) is 123 Å². The molecule has 86 valence electrons. The summed E-state index contributed by atoms with van der Waals surface area (Å²) in [6.45, 7) is 0. The second kappa shape index (κ2) is 2.99. The van der Waals surface area contributed by atoms with Crippen LogP contribution in [-0.4, -0.2) is 21.8 Å². The number of fused-ring (bicyclic) bond motifs is 1. The summed E-state index contributed by atoms with van der Waals surface area (Å²) in [6, 6.07) is 2.53. The molecule has 1 aromatic carbocycles. The van der Waals surface area contributed by atoms with Gasteiger partial charge in [0.1, 0.15) is 9.79 Å². The van der Waals surface area contributed by atoms with Gasteiger partial charge >= 0.3 is 0 Å². The summed E-state index contributed by atoms with van der Waals surface area (Å²) in [5.74, 6) is 0. The van der Waals surface area contributed by atoms with E-state index in [2.05, 4.69) is 0 Å². The molecule has 8 nitrogen and oxygen atoms in total. The van der Waals surface area contributed by atoms with Gasteiger partial charge < -0.3 is 0 Å². The zero-order chi connectivity index (χ0) is 12.1. The normalized spacial score (nSPS) is 20.2. The first-order valence-electron chi connectivity index (χ1n) is 3.81. The Morgan fingerprint density at radius 3 is 2.19 bits per heavy atom. The van der Waals surface area contributed by atoms with Crippen LogP contribution < -0.4 is 4.13 Å². The van der Waals surface area contributed by atoms with E-state index in [9.17, 15) is 26.9 Å². The first-order chi connectivity index (χ1) is 7.24. The first-order valence-corrected chi connectivity index (χ1v) is 6.78. The van der Waals surface area contributed by atoms with Crippen molar-refractivity contribution in [1.29, 1.82) is 0 Å². The minimum absolute atomic E-state index is 0.474. The Labute approximate surface area is 90.1 Å². The van der Waals surface area contributed by atoms with E-state index in [0.29, 0.717) is 6.07 Å². The zero-order valence-electron chi connectivity index (χ0n) is 7.45. The summed E-state index contributed by atoms with van der Waals surface area (Å²) < 4.78 is 46.7. The maximum Gasteiger partial charge on any atom is 0.270 e. The number of hydrogen-bond donors (Lipinski definition) is 1. The number of rotatable bonds is 1. The minimum atomic E-state index is -4.21. The summed E-state index contributed by atoms with van der Waals surface area (Å²) in [7, 11) is -8.33. The Balaban J connectivity index is 2.84. The van der Waals surface area contributed by atoms with Crippen molar-refractivity contribution in [3.05, 3.63) is 28.3 Å². The molecular formula is C6H4N2O6S2. The molecular weight excluding hydrogens is 260 g/mol. The van der Waals surface area contributed by atoms with Gasteiger partial charge in [0, 0.05) is 12.1 Å². The highest BCUT2D eigenvalue weighted by Crippen LogP contribution is 2.31. The first kappa shape index (κ1) is 11.0. The summed E-state index contributed by atoms with van der Waals surface area (Å²) in [6.07, 6.45) is 0. The number of hydrogen-bond acceptors (Lipinski definition) is 6. The third kappa shape index (κ3) is 1.47. The predicted molar refractivity (Wildman–Crippen MR) is 50.6 cm³/mol. The Morgan fingerprint density at radius 2 is 1.62 bits per heavy atom. The van der Waals surface area contributed by atoms with Crippen LogP contribution in [0.3, 0.4) is 0 Å². The molecule has 0 atom stereocenters. The van der Waals surface area contributed by atoms with E-state index < -0.39 is 40.4 Å². The molecule has 0 bridgehead atoms. The molecule has 1 aliphatic rings. The minimum Gasteiger partial charge on any atom is -0.258 e. The summed E-state index contributed by atoms with van der Waals surface area (Å²) in [5.41, 5.74) is -0.485. The van der Waals surface area contributed by atoms with Crippen LogP contribution in [0.15, 0.2) is 28.0 Å². The van der Waals surface area contributed by atoms with Crippen molar-refractivity contribution in [3.8, 4) is 0 Å². The lowest BCUT2D eigenvalue weighted by atomic mass is 10.3. The van der Waals surface area contributed by atoms with Crippen LogP contribution in [0, 0.1) is 10.1 Å². The van der Waals surface area contributed by atoms with Gasteiger partial charge in [-0.15, -0.1) is 4.13 Å². The van der Waals surface area contributed by atoms with Gasteiger partial charge in [-0.3, -0.25) is 10.1 Å². The quantitative estimate of drug-likeness (QED) is 0.542. The highest BCUT2D eigenvalue weighted by molar-refractivity contribution is 8.07. The molecule has 0 aromatic heterocycles. The molecule has 1 aliphatic heterocycles. The molecule has 0 radical (unpaired) electrons. The molecule has 0 fully saturated rings. The number of nitro groups is 1. The Bertz CT molecular complexity index is 690. The Hall–Kier alpha value is -1.52. The average molecular weight is 264 g/mol. The lowest BCUT2D eigenvalue weighted by Crippen LogP contribution is -2.21. The number of nitrogens with zero attached hydrogens (tertiary/aromatic N) is 1. The number of benzene rings is 1. The van der Waals surface area contributed by atoms with Gasteiger partial charge in [-0.25, -0.2) is 16.8 Å². The summed E-state index contributed by atoms with van der Waals surface area (Å²) in [4.78, 5) is 8.54. The van der Waals surface area contributed by atoms with Crippen LogP contribution in [0.1, 0.15) is 0 Å². The predicted octanol–water partition coefficient (Wildman–Crippen LogP) is -0.425. The van der Waals surface area contributed by atoms with E-state index in [1.807, 2.05) is 0 Å². The lowest BCUT2D eigenvalue weighted by molar-refractivity contribution is -0.385. The van der Waals surface area contributed by atoms with E-state index in [1.165, 1.54) is 4.13 Å². The van der Waals surface area contributed by atoms with Gasteiger partial charge in [0.15, 0.2) is 0 Å². The number of nitro benzene ring substituents is 1. The molecule has 10 heteroatoms. The zero-order valence-corrected chi connectivity index (χ0v) is 9.08. The molecule has 2 rings (SSSR count). The van der Waals surface area contributed by atoms with Crippen molar-refractivity contribution in [2.45, 2.75) is 9.79 Å². The summed E-state index contributed by atoms with van der Waals surface area (Å²) in [5, 5.41) is 10.4. The fraction of sp³-hybridized carbons (Fsp3) is 0. The standard InChI is InChI=1S/C6H4N2O6S2/c9-8(10)4-1-2-5-6(3-4)16(13,14)7-15(5,11)12/h1-3,7H. The molecule has 0 unspecified atom stereocenters. The molecule has 0 saturated carbocycles. The van der Waals surface area contributed by atoms with Crippen molar-refractivity contribution >= 4 is 25.7 Å². The van der Waals surface area contributed by atoms with E-state index in [0.717, 1.165) is 12.1 Å². The second-order valence-corrected chi connectivity index (χ2v) is 6.54. The van der Waals surface area contributed by atoms with Crippen molar-refractivity contribution in [2.24, 2.45) is 0 Å². The smallest absolute Gasteiger partial charge is 0.258 e. The van der Waals surface area contributed by atoms with Crippen LogP contribution in [-0.2, 0) is 20.0 Å². The second-order valence-electron chi connectivity index (χ2n) is 2.98. The van der Waals surface area contributed by atoms with Crippen molar-refractivity contribution in [2.75, 3.05) is 0 Å². The van der Waals surface area contributed by atoms with Gasteiger partial charge in [0.2, 0.25) is 0 Å². The third-order valence-electron chi connectivity index (χ3n) is 1.94. The van der Waals surface area contributed by atoms with Gasteiger partial charge in [-0.2, -0.15) is 0 Å². The fourth-order valence-corrected chi connectivity index (χ4v) is 4.99. The van der Waals surface area contributed by atoms with Gasteiger partial charge in [-0.1, -0.05) is 0 Å². The molecule has 0 aliphatic carbocycles. The largest absolute Gasteiger partial charge is 0.270 e. The van der Waals surface area contributed by atoms with Crippen LogP contribution in [0.5, 0.6) is 0 Å². The van der Waals surface area contributed by atoms with Gasteiger partial charge in [-0.05, 0) is 6.07 Å². The molecule has 1 N–H and O–H groups in total. The van der Waals surface area contributed by atoms with E-state index in [-0.39, 0.29) is 0 Å². The highest BCUT2D eigenvalue weighted by Gasteiger charge is 2.39. The maximum atomic E-state index is 11.3. The van der Waals surface area contributed by atoms with Crippen LogP contribution in [0.25, 0.3) is 0 Å². The van der Waals surface area contributed by atoms with Gasteiger partial charge in [0.25, 0.3) is 25.7 Å². The highest BCUT2D eigenvalue weighted by atomic mass is 32.3. The number of non-ortho nitro benzene ring substituents is 1. The SMILES string of the molecule is O=[N+]([O-])c1ccc2c(c1)S(=O)(=O)NS2(=O)=O. The maximum absolute atomic E-state index is 11.3. The molecule has 0 spiro atoms. The number of nitrogens with one attached hydrogen (secondary N) is 1. The third-order valence-corrected chi connectivity index (χ3v) is 5.67. The fourth-order valence-electron chi connectivity index (χ4n) is 1.28. The average Bonchev–Trinajstić information content (AvgIpc) is 2.32. The van der Waals surface area contributed by atoms with Crippen LogP contribution in [0.2, 0.25) is 0 Å². The van der Waals surface area contributed by atoms with Crippen molar-refractivity contribution in [1.82, 2.24) is 4.13 Å². The molecule has 1 aromatic rings. The monoisotopic (exact) mass is 264 g/mol.